The fraction of sp³-hybridized carbons (Fsp3) is 0.103. The summed E-state index contributed by atoms with van der Waals surface area (Å²) in [7, 11) is -3.66. The van der Waals surface area contributed by atoms with E-state index in [4.69, 9.17) is 19.0 Å². The summed E-state index contributed by atoms with van der Waals surface area (Å²) in [6, 6.07) is 27.9. The molecule has 6 aromatic rings. The number of aromatic nitrogens is 2. The van der Waals surface area contributed by atoms with Crippen LogP contribution in [0.1, 0.15) is 11.1 Å². The lowest BCUT2D eigenvalue weighted by molar-refractivity contribution is 0.387. The molecule has 2 aromatic heterocycles. The molecule has 172 valence electrons. The van der Waals surface area contributed by atoms with E-state index >= 15 is 0 Å². The van der Waals surface area contributed by atoms with Crippen molar-refractivity contribution in [1.82, 2.24) is 9.97 Å². The van der Waals surface area contributed by atoms with Crippen LogP contribution in [0.5, 0.6) is 11.8 Å². The predicted octanol–water partition coefficient (Wildman–Crippen LogP) is 7.99. The number of nitrogens with zero attached hydrogens (tertiary/aromatic N) is 2. The van der Waals surface area contributed by atoms with Gasteiger partial charge in [-0.2, -0.15) is 0 Å². The zero-order valence-corrected chi connectivity index (χ0v) is 20.5. The van der Waals surface area contributed by atoms with Crippen LogP contribution in [0.25, 0.3) is 43.4 Å². The fourth-order valence-corrected chi connectivity index (χ4v) is 5.49. The number of hydrogen-bond donors (Lipinski definition) is 0. The molecule has 6 rings (SSSR count). The minimum absolute atomic E-state index is 0.287. The first-order valence-corrected chi connectivity index (χ1v) is 13.4. The molecule has 4 aromatic carbocycles. The molecule has 0 fully saturated rings. The Labute approximate surface area is 202 Å². The second kappa shape index (κ2) is 8.07. The summed E-state index contributed by atoms with van der Waals surface area (Å²) in [6.45, 7) is 5.48. The average Bonchev–Trinajstić information content (AvgIpc) is 2.84. The average molecular weight is 478 g/mol. The van der Waals surface area contributed by atoms with Crippen LogP contribution in [0.3, 0.4) is 0 Å². The van der Waals surface area contributed by atoms with Crippen LogP contribution in [-0.4, -0.2) is 16.6 Å². The second-order valence-electron chi connectivity index (χ2n) is 8.92. The van der Waals surface area contributed by atoms with E-state index in [2.05, 4.69) is 0 Å². The minimum Gasteiger partial charge on any atom is -0.397 e. The van der Waals surface area contributed by atoms with Gasteiger partial charge in [0.2, 0.25) is 11.8 Å². The fourth-order valence-electron chi connectivity index (χ4n) is 4.55. The number of benzene rings is 4. The Morgan fingerprint density at radius 1 is 0.571 bits per heavy atom. The van der Waals surface area contributed by atoms with Crippen molar-refractivity contribution >= 4 is 50.9 Å². The van der Waals surface area contributed by atoms with Gasteiger partial charge in [-0.15, -0.1) is 0 Å². The van der Waals surface area contributed by atoms with Gasteiger partial charge in [-0.3, -0.25) is 0 Å². The zero-order chi connectivity index (χ0) is 24.2. The summed E-state index contributed by atoms with van der Waals surface area (Å²) in [5, 5.41) is 5.59. The highest BCUT2D eigenvalue weighted by molar-refractivity contribution is 7.53. The number of fused-ring (bicyclic) bond motifs is 6. The molecule has 35 heavy (non-hydrogen) atoms. The van der Waals surface area contributed by atoms with Crippen molar-refractivity contribution in [3.63, 3.8) is 0 Å². The summed E-state index contributed by atoms with van der Waals surface area (Å²) < 4.78 is 25.9. The number of aryl methyl sites for hydroxylation is 2. The predicted molar refractivity (Wildman–Crippen MR) is 143 cm³/mol. The van der Waals surface area contributed by atoms with Crippen LogP contribution in [0, 0.1) is 13.8 Å². The maximum Gasteiger partial charge on any atom is 0.430 e. The zero-order valence-electron chi connectivity index (χ0n) is 19.6. The smallest absolute Gasteiger partial charge is 0.397 e. The van der Waals surface area contributed by atoms with Gasteiger partial charge >= 0.3 is 7.60 Å². The van der Waals surface area contributed by atoms with Crippen LogP contribution >= 0.6 is 7.60 Å². The third kappa shape index (κ3) is 3.88. The first-order chi connectivity index (χ1) is 16.9. The Morgan fingerprint density at radius 2 is 1.00 bits per heavy atom. The molecule has 0 unspecified atom stereocenters. The summed E-state index contributed by atoms with van der Waals surface area (Å²) in [4.78, 5) is 9.41. The van der Waals surface area contributed by atoms with Gasteiger partial charge in [-0.05, 0) is 48.9 Å². The van der Waals surface area contributed by atoms with Crippen LogP contribution in [0.4, 0.5) is 0 Å². The summed E-state index contributed by atoms with van der Waals surface area (Å²) in [5.41, 5.74) is 3.65. The molecule has 0 radical (unpaired) electrons. The van der Waals surface area contributed by atoms with Crippen LogP contribution in [0.2, 0.25) is 0 Å². The molecule has 0 aliphatic carbocycles. The SMILES string of the molecule is Cc1ccc2c(c1)c(OP(C)(=O)Oc1nc3ccccc3c3ccc(C)cc13)nc1ccccc12. The Kier molecular flexibility index (Phi) is 4.98. The van der Waals surface area contributed by atoms with E-state index in [9.17, 15) is 4.57 Å². The Balaban J connectivity index is 1.48. The van der Waals surface area contributed by atoms with E-state index in [0.29, 0.717) is 0 Å². The van der Waals surface area contributed by atoms with Gasteiger partial charge in [0.15, 0.2) is 0 Å². The van der Waals surface area contributed by atoms with E-state index in [1.807, 2.05) is 98.8 Å². The molecule has 5 nitrogen and oxygen atoms in total. The topological polar surface area (TPSA) is 61.3 Å². The molecular formula is C29H23N2O3P. The molecule has 0 aliphatic rings. The van der Waals surface area contributed by atoms with Gasteiger partial charge in [0.1, 0.15) is 0 Å². The summed E-state index contributed by atoms with van der Waals surface area (Å²) in [6.07, 6.45) is 0. The standard InChI is InChI=1S/C29H23N2O3P/c1-18-12-14-20-22-8-4-6-10-26(22)30-28(24(20)16-18)33-35(3,32)34-29-25-17-19(2)13-15-21(25)23-9-5-7-11-27(23)31-29/h4-17H,1-3H3. The molecule has 0 saturated carbocycles. The Hall–Kier alpha value is -3.95. The van der Waals surface area contributed by atoms with Crippen molar-refractivity contribution < 1.29 is 13.6 Å². The number of para-hydroxylation sites is 2. The molecule has 0 N–H and O–H groups in total. The Bertz CT molecular complexity index is 1700. The van der Waals surface area contributed by atoms with E-state index in [1.54, 1.807) is 0 Å². The van der Waals surface area contributed by atoms with Gasteiger partial charge in [-0.1, -0.05) is 71.8 Å². The minimum atomic E-state index is -3.66. The first-order valence-electron chi connectivity index (χ1n) is 11.4. The highest BCUT2D eigenvalue weighted by Crippen LogP contribution is 2.48. The number of hydrogen-bond acceptors (Lipinski definition) is 5. The lowest BCUT2D eigenvalue weighted by atomic mass is 10.0. The van der Waals surface area contributed by atoms with Crippen molar-refractivity contribution in [2.45, 2.75) is 13.8 Å². The number of rotatable bonds is 4. The molecule has 0 aliphatic heterocycles. The first kappa shape index (κ1) is 21.6. The second-order valence-corrected chi connectivity index (χ2v) is 10.8. The van der Waals surface area contributed by atoms with E-state index < -0.39 is 7.60 Å². The van der Waals surface area contributed by atoms with Crippen molar-refractivity contribution in [2.75, 3.05) is 6.66 Å². The van der Waals surface area contributed by atoms with Gasteiger partial charge in [0.05, 0.1) is 17.7 Å². The molecular weight excluding hydrogens is 455 g/mol. The van der Waals surface area contributed by atoms with Gasteiger partial charge in [0.25, 0.3) is 0 Å². The normalized spacial score (nSPS) is 12.0. The molecule has 0 spiro atoms. The van der Waals surface area contributed by atoms with Crippen LogP contribution < -0.4 is 9.05 Å². The third-order valence-corrected chi connectivity index (χ3v) is 7.16. The van der Waals surface area contributed by atoms with Gasteiger partial charge in [-0.25, -0.2) is 14.5 Å². The van der Waals surface area contributed by atoms with Crippen molar-refractivity contribution in [3.05, 3.63) is 96.1 Å². The molecule has 0 amide bonds. The highest BCUT2D eigenvalue weighted by Gasteiger charge is 2.26. The van der Waals surface area contributed by atoms with Crippen LogP contribution in [-0.2, 0) is 4.57 Å². The molecule has 6 heteroatoms. The summed E-state index contributed by atoms with van der Waals surface area (Å²) >= 11 is 0. The highest BCUT2D eigenvalue weighted by atomic mass is 31.2. The van der Waals surface area contributed by atoms with Gasteiger partial charge in [0, 0.05) is 21.5 Å². The Morgan fingerprint density at radius 3 is 1.46 bits per heavy atom. The molecule has 0 saturated heterocycles. The molecule has 2 heterocycles. The number of pyridine rings is 2. The largest absolute Gasteiger partial charge is 0.430 e. The maximum absolute atomic E-state index is 13.8. The monoisotopic (exact) mass is 478 g/mol. The summed E-state index contributed by atoms with van der Waals surface area (Å²) in [5.74, 6) is 0.573. The maximum atomic E-state index is 13.8. The lowest BCUT2D eigenvalue weighted by Gasteiger charge is -2.19. The third-order valence-electron chi connectivity index (χ3n) is 6.15. The van der Waals surface area contributed by atoms with Gasteiger partial charge < -0.3 is 9.05 Å². The van der Waals surface area contributed by atoms with Crippen LogP contribution in [0.15, 0.2) is 84.9 Å². The molecule has 0 bridgehead atoms. The lowest BCUT2D eigenvalue weighted by Crippen LogP contribution is -2.03. The molecule has 0 atom stereocenters. The quantitative estimate of drug-likeness (QED) is 0.190. The van der Waals surface area contributed by atoms with E-state index in [-0.39, 0.29) is 11.8 Å². The van der Waals surface area contributed by atoms with Crippen molar-refractivity contribution in [1.29, 1.82) is 0 Å². The van der Waals surface area contributed by atoms with Crippen molar-refractivity contribution in [2.24, 2.45) is 0 Å². The van der Waals surface area contributed by atoms with E-state index in [1.165, 1.54) is 6.66 Å². The van der Waals surface area contributed by atoms with Crippen molar-refractivity contribution in [3.8, 4) is 11.8 Å². The van der Waals surface area contributed by atoms with E-state index in [0.717, 1.165) is 54.5 Å².